The van der Waals surface area contributed by atoms with Crippen LogP contribution < -0.4 is 0 Å². The van der Waals surface area contributed by atoms with Gasteiger partial charge in [-0.3, -0.25) is 0 Å². The van der Waals surface area contributed by atoms with E-state index in [0.717, 1.165) is 5.92 Å². The molecule has 0 bridgehead atoms. The molecule has 0 aliphatic heterocycles. The van der Waals surface area contributed by atoms with Gasteiger partial charge in [-0.25, -0.2) is 0 Å². The number of benzene rings is 2. The van der Waals surface area contributed by atoms with Gasteiger partial charge in [-0.15, -0.1) is 0 Å². The molecule has 90 valence electrons. The lowest BCUT2D eigenvalue weighted by atomic mass is 10.1. The lowest BCUT2D eigenvalue weighted by Crippen LogP contribution is -1.85. The van der Waals surface area contributed by atoms with Gasteiger partial charge < -0.3 is 0 Å². The summed E-state index contributed by atoms with van der Waals surface area (Å²) in [5, 5.41) is 0. The molecule has 0 radical (unpaired) electrons. The van der Waals surface area contributed by atoms with Crippen LogP contribution in [0, 0.1) is 5.92 Å². The monoisotopic (exact) mass is 234 g/mol. The highest BCUT2D eigenvalue weighted by Crippen LogP contribution is 2.42. The van der Waals surface area contributed by atoms with Crippen LogP contribution in [0.4, 0.5) is 0 Å². The van der Waals surface area contributed by atoms with Gasteiger partial charge in [-0.1, -0.05) is 72.3 Å². The third kappa shape index (κ3) is 2.89. The molecule has 1 fully saturated rings. The zero-order valence-corrected chi connectivity index (χ0v) is 10.5. The number of aryl methyl sites for hydroxylation is 1. The van der Waals surface area contributed by atoms with Gasteiger partial charge in [0.25, 0.3) is 0 Å². The van der Waals surface area contributed by atoms with Crippen LogP contribution in [0.25, 0.3) is 6.08 Å². The highest BCUT2D eigenvalue weighted by Gasteiger charge is 2.28. The Labute approximate surface area is 109 Å². The second-order valence-corrected chi connectivity index (χ2v) is 5.06. The summed E-state index contributed by atoms with van der Waals surface area (Å²) in [6.45, 7) is 0. The van der Waals surface area contributed by atoms with E-state index in [-0.39, 0.29) is 0 Å². The predicted octanol–water partition coefficient (Wildman–Crippen LogP) is 4.72. The summed E-state index contributed by atoms with van der Waals surface area (Å²) >= 11 is 0. The van der Waals surface area contributed by atoms with E-state index in [2.05, 4.69) is 66.7 Å². The van der Waals surface area contributed by atoms with Crippen molar-refractivity contribution >= 4 is 6.08 Å². The quantitative estimate of drug-likeness (QED) is 0.718. The molecule has 0 spiro atoms. The SMILES string of the molecule is C(=C1\CC1CCc1ccccc1)/c1ccccc1. The molecule has 18 heavy (non-hydrogen) atoms. The highest BCUT2D eigenvalue weighted by atomic mass is 14.3. The van der Waals surface area contributed by atoms with Crippen LogP contribution in [0.5, 0.6) is 0 Å². The van der Waals surface area contributed by atoms with Crippen LogP contribution in [-0.4, -0.2) is 0 Å². The Balaban J connectivity index is 1.54. The number of allylic oxidation sites excluding steroid dienone is 1. The van der Waals surface area contributed by atoms with Gasteiger partial charge in [0.2, 0.25) is 0 Å². The first-order valence-corrected chi connectivity index (χ1v) is 6.71. The van der Waals surface area contributed by atoms with Crippen molar-refractivity contribution in [3.8, 4) is 0 Å². The van der Waals surface area contributed by atoms with Crippen LogP contribution in [0.15, 0.2) is 66.2 Å². The largest absolute Gasteiger partial charge is 0.0656 e. The smallest absolute Gasteiger partial charge is 0.0159 e. The third-order valence-electron chi connectivity index (χ3n) is 3.62. The molecule has 0 aromatic heterocycles. The molecule has 0 heteroatoms. The maximum atomic E-state index is 2.36. The van der Waals surface area contributed by atoms with Crippen molar-refractivity contribution in [3.05, 3.63) is 77.4 Å². The fraction of sp³-hybridized carbons (Fsp3) is 0.222. The first kappa shape index (κ1) is 11.3. The number of hydrogen-bond donors (Lipinski definition) is 0. The summed E-state index contributed by atoms with van der Waals surface area (Å²) in [7, 11) is 0. The Bertz CT molecular complexity index is 522. The summed E-state index contributed by atoms with van der Waals surface area (Å²) in [6, 6.07) is 21.4. The molecule has 1 aliphatic carbocycles. The van der Waals surface area contributed by atoms with Crippen molar-refractivity contribution in [1.82, 2.24) is 0 Å². The summed E-state index contributed by atoms with van der Waals surface area (Å²) in [5.74, 6) is 0.824. The van der Waals surface area contributed by atoms with E-state index >= 15 is 0 Å². The molecule has 0 nitrogen and oxygen atoms in total. The predicted molar refractivity (Wildman–Crippen MR) is 77.3 cm³/mol. The maximum Gasteiger partial charge on any atom is -0.0159 e. The van der Waals surface area contributed by atoms with E-state index in [1.165, 1.54) is 30.4 Å². The van der Waals surface area contributed by atoms with E-state index in [1.807, 2.05) is 0 Å². The van der Waals surface area contributed by atoms with Crippen molar-refractivity contribution in [2.45, 2.75) is 19.3 Å². The minimum Gasteiger partial charge on any atom is -0.0656 e. The first-order valence-electron chi connectivity index (χ1n) is 6.71. The van der Waals surface area contributed by atoms with Crippen molar-refractivity contribution < 1.29 is 0 Å². The second-order valence-electron chi connectivity index (χ2n) is 5.06. The lowest BCUT2D eigenvalue weighted by molar-refractivity contribution is 0.748. The molecule has 2 aromatic carbocycles. The standard InChI is InChI=1S/C18H18/c1-3-7-15(8-4-1)11-12-17-14-18(17)13-16-9-5-2-6-10-16/h1-10,13,17H,11-12,14H2/b18-13-. The molecule has 1 unspecified atom stereocenters. The fourth-order valence-corrected chi connectivity index (χ4v) is 2.44. The van der Waals surface area contributed by atoms with E-state index in [0.29, 0.717) is 0 Å². The highest BCUT2D eigenvalue weighted by molar-refractivity contribution is 5.57. The zero-order chi connectivity index (χ0) is 12.2. The average molecular weight is 234 g/mol. The topological polar surface area (TPSA) is 0 Å². The van der Waals surface area contributed by atoms with E-state index in [1.54, 1.807) is 5.57 Å². The normalized spacial score (nSPS) is 20.0. The Kier molecular flexibility index (Phi) is 3.27. The Morgan fingerprint density at radius 2 is 1.56 bits per heavy atom. The van der Waals surface area contributed by atoms with Crippen LogP contribution >= 0.6 is 0 Å². The average Bonchev–Trinajstić information content (AvgIpc) is 3.17. The molecule has 1 aliphatic rings. The van der Waals surface area contributed by atoms with Crippen molar-refractivity contribution in [1.29, 1.82) is 0 Å². The zero-order valence-electron chi connectivity index (χ0n) is 10.5. The molecule has 3 rings (SSSR count). The fourth-order valence-electron chi connectivity index (χ4n) is 2.44. The molecule has 0 amide bonds. The Morgan fingerprint density at radius 3 is 2.28 bits per heavy atom. The van der Waals surface area contributed by atoms with Crippen LogP contribution in [0.2, 0.25) is 0 Å². The summed E-state index contributed by atoms with van der Waals surface area (Å²) < 4.78 is 0. The Hall–Kier alpha value is -1.82. The maximum absolute atomic E-state index is 2.36. The van der Waals surface area contributed by atoms with Crippen molar-refractivity contribution in [3.63, 3.8) is 0 Å². The van der Waals surface area contributed by atoms with Crippen LogP contribution in [-0.2, 0) is 6.42 Å². The van der Waals surface area contributed by atoms with Gasteiger partial charge >= 0.3 is 0 Å². The van der Waals surface area contributed by atoms with Gasteiger partial charge in [0.05, 0.1) is 0 Å². The molecule has 0 N–H and O–H groups in total. The molecule has 2 aromatic rings. The molecule has 0 saturated heterocycles. The number of hydrogen-bond acceptors (Lipinski definition) is 0. The third-order valence-corrected chi connectivity index (χ3v) is 3.62. The summed E-state index contributed by atoms with van der Waals surface area (Å²) in [5.41, 5.74) is 4.43. The Morgan fingerprint density at radius 1 is 0.889 bits per heavy atom. The summed E-state index contributed by atoms with van der Waals surface area (Å²) in [4.78, 5) is 0. The summed E-state index contributed by atoms with van der Waals surface area (Å²) in [6.07, 6.45) is 6.15. The van der Waals surface area contributed by atoms with Gasteiger partial charge in [0.15, 0.2) is 0 Å². The second kappa shape index (κ2) is 5.22. The molecular formula is C18H18. The molecular weight excluding hydrogens is 216 g/mol. The number of rotatable bonds is 4. The van der Waals surface area contributed by atoms with E-state index in [9.17, 15) is 0 Å². The molecule has 1 atom stereocenters. The van der Waals surface area contributed by atoms with E-state index < -0.39 is 0 Å². The van der Waals surface area contributed by atoms with Gasteiger partial charge in [-0.05, 0) is 36.3 Å². The molecule has 0 heterocycles. The lowest BCUT2D eigenvalue weighted by Gasteiger charge is -1.98. The van der Waals surface area contributed by atoms with Gasteiger partial charge in [0, 0.05) is 0 Å². The van der Waals surface area contributed by atoms with E-state index in [4.69, 9.17) is 0 Å². The van der Waals surface area contributed by atoms with Crippen LogP contribution in [0.1, 0.15) is 24.0 Å². The first-order chi connectivity index (χ1) is 8.92. The van der Waals surface area contributed by atoms with Gasteiger partial charge in [0.1, 0.15) is 0 Å². The van der Waals surface area contributed by atoms with Crippen molar-refractivity contribution in [2.24, 2.45) is 5.92 Å². The molecule has 1 saturated carbocycles. The minimum atomic E-state index is 0.824. The van der Waals surface area contributed by atoms with Crippen molar-refractivity contribution in [2.75, 3.05) is 0 Å². The minimum absolute atomic E-state index is 0.824. The van der Waals surface area contributed by atoms with Gasteiger partial charge in [-0.2, -0.15) is 0 Å². The van der Waals surface area contributed by atoms with Crippen LogP contribution in [0.3, 0.4) is 0 Å².